The van der Waals surface area contributed by atoms with Crippen molar-refractivity contribution >= 4 is 0 Å². The maximum Gasteiger partial charge on any atom is 0.243 e. The van der Waals surface area contributed by atoms with Crippen LogP contribution in [0.25, 0.3) is 0 Å². The minimum atomic E-state index is -0.197. The standard InChI is InChI=1S/C12H21N3O2/c1-4-16-10(8-5-6-8)11-14-12(17-15-11)9(13)7(2)3/h7-10H,4-6,13H2,1-3H3/t9-,10?/m0/s1. The Hall–Kier alpha value is -0.940. The van der Waals surface area contributed by atoms with Crippen LogP contribution in [0, 0.1) is 11.8 Å². The second-order valence-corrected chi connectivity index (χ2v) is 4.97. The summed E-state index contributed by atoms with van der Waals surface area (Å²) in [5.41, 5.74) is 5.98. The Morgan fingerprint density at radius 3 is 2.71 bits per heavy atom. The van der Waals surface area contributed by atoms with Gasteiger partial charge in [-0.15, -0.1) is 0 Å². The van der Waals surface area contributed by atoms with Crippen molar-refractivity contribution in [3.8, 4) is 0 Å². The third-order valence-corrected chi connectivity index (χ3v) is 3.11. The second-order valence-electron chi connectivity index (χ2n) is 4.97. The minimum Gasteiger partial charge on any atom is -0.370 e. The average Bonchev–Trinajstić information content (AvgIpc) is 3.02. The first kappa shape index (κ1) is 12.5. The summed E-state index contributed by atoms with van der Waals surface area (Å²) in [5, 5.41) is 4.01. The van der Waals surface area contributed by atoms with Gasteiger partial charge in [-0.3, -0.25) is 0 Å². The zero-order chi connectivity index (χ0) is 12.4. The van der Waals surface area contributed by atoms with Crippen LogP contribution in [0.4, 0.5) is 0 Å². The van der Waals surface area contributed by atoms with Gasteiger partial charge in [0.2, 0.25) is 11.7 Å². The van der Waals surface area contributed by atoms with E-state index in [1.807, 2.05) is 20.8 Å². The van der Waals surface area contributed by atoms with Gasteiger partial charge in [-0.2, -0.15) is 4.98 Å². The molecule has 0 amide bonds. The smallest absolute Gasteiger partial charge is 0.243 e. The number of hydrogen-bond donors (Lipinski definition) is 1. The molecule has 17 heavy (non-hydrogen) atoms. The summed E-state index contributed by atoms with van der Waals surface area (Å²) in [6.45, 7) is 6.72. The topological polar surface area (TPSA) is 74.2 Å². The fourth-order valence-corrected chi connectivity index (χ4v) is 1.78. The lowest BCUT2D eigenvalue weighted by Gasteiger charge is -2.12. The van der Waals surface area contributed by atoms with E-state index in [-0.39, 0.29) is 18.1 Å². The highest BCUT2D eigenvalue weighted by Crippen LogP contribution is 2.42. The van der Waals surface area contributed by atoms with Crippen molar-refractivity contribution < 1.29 is 9.26 Å². The Bertz CT molecular complexity index is 360. The van der Waals surface area contributed by atoms with Crippen molar-refractivity contribution in [3.63, 3.8) is 0 Å². The highest BCUT2D eigenvalue weighted by Gasteiger charge is 2.36. The molecular formula is C12H21N3O2. The van der Waals surface area contributed by atoms with Gasteiger partial charge >= 0.3 is 0 Å². The van der Waals surface area contributed by atoms with Gasteiger partial charge in [-0.25, -0.2) is 0 Å². The molecule has 0 aliphatic heterocycles. The minimum absolute atomic E-state index is 0.0168. The van der Waals surface area contributed by atoms with E-state index < -0.39 is 0 Å². The van der Waals surface area contributed by atoms with Gasteiger partial charge in [0.05, 0.1) is 6.04 Å². The zero-order valence-electron chi connectivity index (χ0n) is 10.7. The van der Waals surface area contributed by atoms with E-state index in [0.717, 1.165) is 0 Å². The molecule has 1 aliphatic rings. The number of ether oxygens (including phenoxy) is 1. The van der Waals surface area contributed by atoms with Crippen molar-refractivity contribution in [1.82, 2.24) is 10.1 Å². The quantitative estimate of drug-likeness (QED) is 0.823. The number of aromatic nitrogens is 2. The lowest BCUT2D eigenvalue weighted by atomic mass is 10.1. The Labute approximate surface area is 102 Å². The number of nitrogens with zero attached hydrogens (tertiary/aromatic N) is 2. The van der Waals surface area contributed by atoms with E-state index in [1.165, 1.54) is 12.8 Å². The van der Waals surface area contributed by atoms with Crippen molar-refractivity contribution in [1.29, 1.82) is 0 Å². The van der Waals surface area contributed by atoms with E-state index in [2.05, 4.69) is 10.1 Å². The first-order valence-corrected chi connectivity index (χ1v) is 6.34. The number of hydrogen-bond acceptors (Lipinski definition) is 5. The highest BCUT2D eigenvalue weighted by atomic mass is 16.5. The fraction of sp³-hybridized carbons (Fsp3) is 0.833. The number of nitrogens with two attached hydrogens (primary N) is 1. The SMILES string of the molecule is CCOC(c1noc([C@@H](N)C(C)C)n1)C1CC1. The largest absolute Gasteiger partial charge is 0.370 e. The molecule has 5 nitrogen and oxygen atoms in total. The molecule has 1 heterocycles. The second kappa shape index (κ2) is 5.14. The summed E-state index contributed by atoms with van der Waals surface area (Å²) in [6.07, 6.45) is 2.35. The van der Waals surface area contributed by atoms with Crippen LogP contribution >= 0.6 is 0 Å². The van der Waals surface area contributed by atoms with Crippen LogP contribution < -0.4 is 5.73 Å². The van der Waals surface area contributed by atoms with Crippen molar-refractivity contribution in [2.24, 2.45) is 17.6 Å². The molecule has 1 saturated carbocycles. The Kier molecular flexibility index (Phi) is 3.79. The van der Waals surface area contributed by atoms with Crippen molar-refractivity contribution in [2.45, 2.75) is 45.8 Å². The normalized spacial score (nSPS) is 19.6. The van der Waals surface area contributed by atoms with Gasteiger partial charge in [0, 0.05) is 6.61 Å². The highest BCUT2D eigenvalue weighted by molar-refractivity contribution is 5.00. The summed E-state index contributed by atoms with van der Waals surface area (Å²) in [6, 6.07) is -0.197. The average molecular weight is 239 g/mol. The van der Waals surface area contributed by atoms with E-state index >= 15 is 0 Å². The molecule has 2 N–H and O–H groups in total. The van der Waals surface area contributed by atoms with Crippen molar-refractivity contribution in [2.75, 3.05) is 6.61 Å². The van der Waals surface area contributed by atoms with Crippen molar-refractivity contribution in [3.05, 3.63) is 11.7 Å². The van der Waals surface area contributed by atoms with Crippen LogP contribution in [0.15, 0.2) is 4.52 Å². The first-order valence-electron chi connectivity index (χ1n) is 6.34. The van der Waals surface area contributed by atoms with Crippen LogP contribution in [0.2, 0.25) is 0 Å². The van der Waals surface area contributed by atoms with E-state index in [9.17, 15) is 0 Å². The molecular weight excluding hydrogens is 218 g/mol. The maximum absolute atomic E-state index is 5.98. The predicted molar refractivity (Wildman–Crippen MR) is 63.2 cm³/mol. The molecule has 1 aromatic rings. The summed E-state index contributed by atoms with van der Waals surface area (Å²) in [4.78, 5) is 4.38. The van der Waals surface area contributed by atoms with Crippen LogP contribution in [0.3, 0.4) is 0 Å². The first-order chi connectivity index (χ1) is 8.13. The molecule has 1 unspecified atom stereocenters. The van der Waals surface area contributed by atoms with Gasteiger partial charge < -0.3 is 15.0 Å². The molecule has 0 bridgehead atoms. The Morgan fingerprint density at radius 2 is 2.18 bits per heavy atom. The lowest BCUT2D eigenvalue weighted by Crippen LogP contribution is -2.17. The van der Waals surface area contributed by atoms with Crippen LogP contribution in [-0.4, -0.2) is 16.7 Å². The summed E-state index contributed by atoms with van der Waals surface area (Å²) < 4.78 is 10.9. The molecule has 0 radical (unpaired) electrons. The molecule has 5 heteroatoms. The summed E-state index contributed by atoms with van der Waals surface area (Å²) >= 11 is 0. The Morgan fingerprint density at radius 1 is 1.47 bits per heavy atom. The van der Waals surface area contributed by atoms with Crippen LogP contribution in [-0.2, 0) is 4.74 Å². The third kappa shape index (κ3) is 2.84. The maximum atomic E-state index is 5.98. The van der Waals surface area contributed by atoms with E-state index in [4.69, 9.17) is 15.0 Å². The summed E-state index contributed by atoms with van der Waals surface area (Å²) in [5.74, 6) is 2.01. The zero-order valence-corrected chi connectivity index (χ0v) is 10.7. The fourth-order valence-electron chi connectivity index (χ4n) is 1.78. The predicted octanol–water partition coefficient (Wildman–Crippen LogP) is 2.21. The third-order valence-electron chi connectivity index (χ3n) is 3.11. The van der Waals surface area contributed by atoms with Gasteiger partial charge in [0.15, 0.2) is 0 Å². The molecule has 1 aliphatic carbocycles. The van der Waals surface area contributed by atoms with Gasteiger partial charge in [-0.05, 0) is 31.6 Å². The van der Waals surface area contributed by atoms with Gasteiger partial charge in [0.25, 0.3) is 0 Å². The number of rotatable bonds is 6. The molecule has 2 rings (SSSR count). The van der Waals surface area contributed by atoms with E-state index in [1.54, 1.807) is 0 Å². The monoisotopic (exact) mass is 239 g/mol. The van der Waals surface area contributed by atoms with Crippen LogP contribution in [0.1, 0.15) is 57.5 Å². The molecule has 0 saturated heterocycles. The summed E-state index contributed by atoms with van der Waals surface area (Å²) in [7, 11) is 0. The molecule has 0 spiro atoms. The van der Waals surface area contributed by atoms with Gasteiger partial charge in [-0.1, -0.05) is 19.0 Å². The van der Waals surface area contributed by atoms with Crippen LogP contribution in [0.5, 0.6) is 0 Å². The molecule has 1 aromatic heterocycles. The van der Waals surface area contributed by atoms with E-state index in [0.29, 0.717) is 24.2 Å². The molecule has 2 atom stereocenters. The Balaban J connectivity index is 2.10. The molecule has 0 aromatic carbocycles. The lowest BCUT2D eigenvalue weighted by molar-refractivity contribution is 0.0384. The molecule has 1 fully saturated rings. The molecule has 96 valence electrons. The van der Waals surface area contributed by atoms with Gasteiger partial charge in [0.1, 0.15) is 6.10 Å².